The molecule has 1 aromatic rings. The topological polar surface area (TPSA) is 79.6 Å². The van der Waals surface area contributed by atoms with Crippen molar-refractivity contribution in [3.8, 4) is 0 Å². The van der Waals surface area contributed by atoms with Crippen LogP contribution in [0.4, 0.5) is 0 Å². The van der Waals surface area contributed by atoms with Crippen molar-refractivity contribution in [2.45, 2.75) is 6.92 Å². The second kappa shape index (κ2) is 6.64. The number of carbonyl (C=O) groups excluding carboxylic acids is 1. The summed E-state index contributed by atoms with van der Waals surface area (Å²) < 4.78 is 30.7. The second-order valence-electron chi connectivity index (χ2n) is 4.47. The maximum Gasteiger partial charge on any atom is 0.254 e. The van der Waals surface area contributed by atoms with Gasteiger partial charge in [0.15, 0.2) is 0 Å². The highest BCUT2D eigenvalue weighted by Crippen LogP contribution is 2.13. The van der Waals surface area contributed by atoms with E-state index >= 15 is 0 Å². The molecular weight excluding hydrogens is 300 g/mol. The lowest BCUT2D eigenvalue weighted by Crippen LogP contribution is -2.41. The monoisotopic (exact) mass is 318 g/mol. The molecule has 0 atom stereocenters. The van der Waals surface area contributed by atoms with Crippen LogP contribution in [0.15, 0.2) is 16.7 Å². The van der Waals surface area contributed by atoms with Crippen LogP contribution in [0.25, 0.3) is 0 Å². The molecule has 0 saturated carbocycles. The average molecular weight is 318 g/mol. The van der Waals surface area contributed by atoms with E-state index in [1.165, 1.54) is 10.6 Å². The number of nitrogens with one attached hydrogen (secondary N) is 1. The molecule has 8 heteroatoms. The largest absolute Gasteiger partial charge is 0.469 e. The van der Waals surface area contributed by atoms with E-state index in [9.17, 15) is 13.2 Å². The molecule has 1 N–H and O–H groups in total. The highest BCUT2D eigenvalue weighted by Gasteiger charge is 2.24. The first-order valence-electron chi connectivity index (χ1n) is 6.38. The van der Waals surface area contributed by atoms with E-state index in [-0.39, 0.29) is 18.2 Å². The molecule has 0 unspecified atom stereocenters. The van der Waals surface area contributed by atoms with E-state index in [2.05, 4.69) is 5.32 Å². The SMILES string of the molecule is Cc1occc1C(=O)NCCS(=O)(=O)N1CCSCC1. The minimum Gasteiger partial charge on any atom is -0.469 e. The lowest BCUT2D eigenvalue weighted by atomic mass is 10.2. The Hall–Kier alpha value is -0.990. The quantitative estimate of drug-likeness (QED) is 0.864. The van der Waals surface area contributed by atoms with E-state index in [1.54, 1.807) is 24.8 Å². The molecule has 0 radical (unpaired) electrons. The molecule has 2 heterocycles. The van der Waals surface area contributed by atoms with Gasteiger partial charge in [-0.2, -0.15) is 11.8 Å². The standard InChI is InChI=1S/C12H18N2O4S2/c1-10-11(2-6-18-10)12(15)13-3-9-20(16,17)14-4-7-19-8-5-14/h2,6H,3-5,7-9H2,1H3,(H,13,15). The van der Waals surface area contributed by atoms with Gasteiger partial charge in [-0.25, -0.2) is 12.7 Å². The number of rotatable bonds is 5. The van der Waals surface area contributed by atoms with Gasteiger partial charge in [-0.05, 0) is 13.0 Å². The second-order valence-corrected chi connectivity index (χ2v) is 7.79. The molecule has 1 aliphatic heterocycles. The van der Waals surface area contributed by atoms with Gasteiger partial charge in [-0.15, -0.1) is 0 Å². The maximum absolute atomic E-state index is 12.1. The third kappa shape index (κ3) is 3.77. The summed E-state index contributed by atoms with van der Waals surface area (Å²) in [4.78, 5) is 11.8. The molecule has 0 bridgehead atoms. The highest BCUT2D eigenvalue weighted by atomic mass is 32.2. The normalized spacial score (nSPS) is 17.1. The van der Waals surface area contributed by atoms with E-state index in [0.29, 0.717) is 24.4 Å². The molecule has 0 aliphatic carbocycles. The molecule has 1 aromatic heterocycles. The van der Waals surface area contributed by atoms with Crippen LogP contribution in [0, 0.1) is 6.92 Å². The van der Waals surface area contributed by atoms with Crippen LogP contribution in [-0.4, -0.2) is 55.5 Å². The van der Waals surface area contributed by atoms with Crippen molar-refractivity contribution >= 4 is 27.7 Å². The van der Waals surface area contributed by atoms with Gasteiger partial charge >= 0.3 is 0 Å². The van der Waals surface area contributed by atoms with Crippen LogP contribution in [0.1, 0.15) is 16.1 Å². The smallest absolute Gasteiger partial charge is 0.254 e. The van der Waals surface area contributed by atoms with Crippen molar-refractivity contribution < 1.29 is 17.6 Å². The Morgan fingerprint density at radius 1 is 1.45 bits per heavy atom. The Balaban J connectivity index is 1.83. The third-order valence-corrected chi connectivity index (χ3v) is 5.93. The zero-order valence-electron chi connectivity index (χ0n) is 11.3. The Bertz CT molecular complexity index is 562. The summed E-state index contributed by atoms with van der Waals surface area (Å²) in [5.41, 5.74) is 0.441. The number of hydrogen-bond donors (Lipinski definition) is 1. The Morgan fingerprint density at radius 3 is 2.75 bits per heavy atom. The minimum absolute atomic E-state index is 0.0691. The summed E-state index contributed by atoms with van der Waals surface area (Å²) in [6.45, 7) is 2.91. The summed E-state index contributed by atoms with van der Waals surface area (Å²) in [5.74, 6) is 1.82. The van der Waals surface area contributed by atoms with Crippen LogP contribution in [0.3, 0.4) is 0 Å². The first kappa shape index (κ1) is 15.4. The molecular formula is C12H18N2O4S2. The van der Waals surface area contributed by atoms with Crippen molar-refractivity contribution in [3.05, 3.63) is 23.7 Å². The van der Waals surface area contributed by atoms with Crippen molar-refractivity contribution in [1.82, 2.24) is 9.62 Å². The van der Waals surface area contributed by atoms with E-state index in [0.717, 1.165) is 11.5 Å². The van der Waals surface area contributed by atoms with Crippen LogP contribution >= 0.6 is 11.8 Å². The average Bonchev–Trinajstić information content (AvgIpc) is 2.86. The number of hydrogen-bond acceptors (Lipinski definition) is 5. The van der Waals surface area contributed by atoms with Gasteiger partial charge in [0.1, 0.15) is 5.76 Å². The van der Waals surface area contributed by atoms with Crippen LogP contribution in [0.5, 0.6) is 0 Å². The Morgan fingerprint density at radius 2 is 2.15 bits per heavy atom. The molecule has 0 aromatic carbocycles. The molecule has 1 aliphatic rings. The first-order chi connectivity index (χ1) is 9.50. The van der Waals surface area contributed by atoms with Crippen molar-refractivity contribution in [1.29, 1.82) is 0 Å². The predicted octanol–water partition coefficient (Wildman–Crippen LogP) is 0.696. The maximum atomic E-state index is 12.1. The van der Waals surface area contributed by atoms with Gasteiger partial charge in [0, 0.05) is 31.1 Å². The number of thioether (sulfide) groups is 1. The first-order valence-corrected chi connectivity index (χ1v) is 9.15. The molecule has 2 rings (SSSR count). The highest BCUT2D eigenvalue weighted by molar-refractivity contribution is 7.99. The molecule has 112 valence electrons. The summed E-state index contributed by atoms with van der Waals surface area (Å²) in [6, 6.07) is 1.57. The van der Waals surface area contributed by atoms with E-state index in [4.69, 9.17) is 4.42 Å². The van der Waals surface area contributed by atoms with Crippen LogP contribution in [-0.2, 0) is 10.0 Å². The number of sulfonamides is 1. The van der Waals surface area contributed by atoms with Gasteiger partial charge in [0.25, 0.3) is 5.91 Å². The molecule has 1 fully saturated rings. The van der Waals surface area contributed by atoms with Gasteiger partial charge in [-0.3, -0.25) is 4.79 Å². The van der Waals surface area contributed by atoms with Crippen molar-refractivity contribution in [3.63, 3.8) is 0 Å². The third-order valence-electron chi connectivity index (χ3n) is 3.11. The summed E-state index contributed by atoms with van der Waals surface area (Å²) in [7, 11) is -3.28. The van der Waals surface area contributed by atoms with E-state index < -0.39 is 10.0 Å². The van der Waals surface area contributed by atoms with Gasteiger partial charge in [0.05, 0.1) is 17.6 Å². The summed E-state index contributed by atoms with van der Waals surface area (Å²) >= 11 is 1.76. The Labute approximate surface area is 122 Å². The summed E-state index contributed by atoms with van der Waals surface area (Å²) in [6.07, 6.45) is 1.44. The molecule has 6 nitrogen and oxygen atoms in total. The zero-order chi connectivity index (χ0) is 14.6. The van der Waals surface area contributed by atoms with Crippen LogP contribution in [0.2, 0.25) is 0 Å². The van der Waals surface area contributed by atoms with Crippen molar-refractivity contribution in [2.24, 2.45) is 0 Å². The molecule has 1 amide bonds. The predicted molar refractivity (Wildman–Crippen MR) is 78.5 cm³/mol. The van der Waals surface area contributed by atoms with Gasteiger partial charge in [0.2, 0.25) is 10.0 Å². The van der Waals surface area contributed by atoms with Gasteiger partial charge < -0.3 is 9.73 Å². The van der Waals surface area contributed by atoms with Crippen LogP contribution < -0.4 is 5.32 Å². The van der Waals surface area contributed by atoms with Gasteiger partial charge in [-0.1, -0.05) is 0 Å². The lowest BCUT2D eigenvalue weighted by Gasteiger charge is -2.25. The summed E-state index contributed by atoms with van der Waals surface area (Å²) in [5, 5.41) is 2.61. The molecule has 20 heavy (non-hydrogen) atoms. The number of amides is 1. The van der Waals surface area contributed by atoms with Crippen molar-refractivity contribution in [2.75, 3.05) is 36.9 Å². The Kier molecular flexibility index (Phi) is 5.11. The number of carbonyl (C=O) groups is 1. The van der Waals surface area contributed by atoms with E-state index in [1.807, 2.05) is 0 Å². The molecule has 0 spiro atoms. The number of aryl methyl sites for hydroxylation is 1. The fourth-order valence-corrected chi connectivity index (χ4v) is 4.45. The number of nitrogens with zero attached hydrogens (tertiary/aromatic N) is 1. The number of furan rings is 1. The minimum atomic E-state index is -3.28. The fraction of sp³-hybridized carbons (Fsp3) is 0.583. The lowest BCUT2D eigenvalue weighted by molar-refractivity contribution is 0.0954. The zero-order valence-corrected chi connectivity index (χ0v) is 12.9. The molecule has 1 saturated heterocycles. The fourth-order valence-electron chi connectivity index (χ4n) is 1.96.